The molecule has 1 unspecified atom stereocenters. The molecule has 0 aliphatic heterocycles. The van der Waals surface area contributed by atoms with Crippen LogP contribution in [-0.4, -0.2) is 18.7 Å². The van der Waals surface area contributed by atoms with Crippen LogP contribution >= 0.6 is 0 Å². The molecule has 0 aliphatic rings. The highest BCUT2D eigenvalue weighted by atomic mass is 32.2. The van der Waals surface area contributed by atoms with Crippen molar-refractivity contribution in [2.24, 2.45) is 0 Å². The van der Waals surface area contributed by atoms with E-state index in [9.17, 15) is 8.42 Å². The summed E-state index contributed by atoms with van der Waals surface area (Å²) in [6.45, 7) is 3.72. The lowest BCUT2D eigenvalue weighted by molar-refractivity contribution is 0.588. The molecule has 0 saturated carbocycles. The Morgan fingerprint density at radius 1 is 1.05 bits per heavy atom. The van der Waals surface area contributed by atoms with E-state index >= 15 is 0 Å². The van der Waals surface area contributed by atoms with Gasteiger partial charge in [-0.2, -0.15) is 0 Å². The Labute approximate surface area is 130 Å². The van der Waals surface area contributed by atoms with Crippen LogP contribution in [0.25, 0.3) is 10.9 Å². The van der Waals surface area contributed by atoms with Crippen LogP contribution in [0.5, 0.6) is 0 Å². The minimum Gasteiger partial charge on any atom is -0.360 e. The fourth-order valence-corrected chi connectivity index (χ4v) is 4.31. The Bertz CT molecular complexity index is 895. The van der Waals surface area contributed by atoms with Crippen LogP contribution in [0.3, 0.4) is 0 Å². The predicted octanol–water partition coefficient (Wildman–Crippen LogP) is 3.74. The van der Waals surface area contributed by atoms with Gasteiger partial charge in [-0.25, -0.2) is 8.42 Å². The Morgan fingerprint density at radius 3 is 2.45 bits per heavy atom. The van der Waals surface area contributed by atoms with E-state index in [1.165, 1.54) is 6.08 Å². The van der Waals surface area contributed by atoms with Gasteiger partial charge in [0, 0.05) is 17.1 Å². The lowest BCUT2D eigenvalue weighted by Gasteiger charge is -2.13. The zero-order chi connectivity index (χ0) is 15.6. The monoisotopic (exact) mass is 311 g/mol. The summed E-state index contributed by atoms with van der Waals surface area (Å²) < 4.78 is 25.9. The number of aromatic nitrogens is 1. The van der Waals surface area contributed by atoms with Gasteiger partial charge in [0.05, 0.1) is 10.1 Å². The second-order valence-corrected chi connectivity index (χ2v) is 7.34. The van der Waals surface area contributed by atoms with Gasteiger partial charge >= 0.3 is 0 Å². The van der Waals surface area contributed by atoms with Gasteiger partial charge in [-0.3, -0.25) is 0 Å². The lowest BCUT2D eigenvalue weighted by Crippen LogP contribution is -2.21. The molecule has 1 heterocycles. The molecule has 1 N–H and O–H groups in total. The van der Waals surface area contributed by atoms with Crippen LogP contribution in [0.4, 0.5) is 0 Å². The van der Waals surface area contributed by atoms with Gasteiger partial charge in [0.15, 0.2) is 9.84 Å². The number of para-hydroxylation sites is 1. The number of rotatable bonds is 5. The van der Waals surface area contributed by atoms with Crippen LogP contribution in [0.2, 0.25) is 0 Å². The summed E-state index contributed by atoms with van der Waals surface area (Å²) in [4.78, 5) is 3.36. The molecule has 0 saturated heterocycles. The van der Waals surface area contributed by atoms with E-state index in [0.29, 0.717) is 11.3 Å². The highest BCUT2D eigenvalue weighted by Crippen LogP contribution is 2.27. The number of H-pyrrole nitrogens is 1. The Kier molecular flexibility index (Phi) is 3.86. The van der Waals surface area contributed by atoms with Gasteiger partial charge < -0.3 is 4.98 Å². The van der Waals surface area contributed by atoms with Crippen LogP contribution in [-0.2, 0) is 16.3 Å². The van der Waals surface area contributed by atoms with Crippen LogP contribution < -0.4 is 0 Å². The third-order valence-corrected chi connectivity index (χ3v) is 5.91. The molecule has 22 heavy (non-hydrogen) atoms. The molecule has 3 nitrogen and oxygen atoms in total. The molecule has 3 aromatic rings. The molecule has 112 valence electrons. The Hall–Kier alpha value is -2.33. The molecule has 0 radical (unpaired) electrons. The van der Waals surface area contributed by atoms with Gasteiger partial charge in [0.25, 0.3) is 0 Å². The molecule has 1 aromatic heterocycles. The highest BCUT2D eigenvalue weighted by Gasteiger charge is 2.27. The number of sulfone groups is 1. The van der Waals surface area contributed by atoms with Crippen molar-refractivity contribution in [1.29, 1.82) is 0 Å². The number of hydrogen-bond acceptors (Lipinski definition) is 2. The first-order chi connectivity index (χ1) is 10.6. The number of fused-ring (bicyclic) bond motifs is 1. The van der Waals surface area contributed by atoms with Crippen LogP contribution in [0.1, 0.15) is 5.56 Å². The number of nitrogens with one attached hydrogen (secondary N) is 1. The van der Waals surface area contributed by atoms with E-state index in [2.05, 4.69) is 11.6 Å². The average Bonchev–Trinajstić information content (AvgIpc) is 2.98. The SMILES string of the molecule is C=CC(Cc1ccccc1)S(=O)(=O)c1c[nH]c2ccccc12. The van der Waals surface area contributed by atoms with Crippen molar-refractivity contribution in [3.63, 3.8) is 0 Å². The van der Waals surface area contributed by atoms with Crippen molar-refractivity contribution >= 4 is 20.7 Å². The maximum absolute atomic E-state index is 13.0. The zero-order valence-electron chi connectivity index (χ0n) is 12.1. The summed E-state index contributed by atoms with van der Waals surface area (Å²) in [7, 11) is -3.48. The van der Waals surface area contributed by atoms with Gasteiger partial charge in [-0.15, -0.1) is 6.58 Å². The Balaban J connectivity index is 2.02. The molecule has 2 aromatic carbocycles. The standard InChI is InChI=1S/C18H17NO2S/c1-2-15(12-14-8-4-3-5-9-14)22(20,21)18-13-19-17-11-7-6-10-16(17)18/h2-11,13,15,19H,1,12H2. The summed E-state index contributed by atoms with van der Waals surface area (Å²) in [5.74, 6) is 0. The molecule has 0 fully saturated rings. The quantitative estimate of drug-likeness (QED) is 0.730. The highest BCUT2D eigenvalue weighted by molar-refractivity contribution is 7.92. The molecule has 0 amide bonds. The summed E-state index contributed by atoms with van der Waals surface area (Å²) in [6.07, 6.45) is 3.51. The molecule has 0 bridgehead atoms. The van der Waals surface area contributed by atoms with Crippen molar-refractivity contribution < 1.29 is 8.42 Å². The second-order valence-electron chi connectivity index (χ2n) is 5.21. The molecular weight excluding hydrogens is 294 g/mol. The normalized spacial score (nSPS) is 13.1. The fraction of sp³-hybridized carbons (Fsp3) is 0.111. The van der Waals surface area contributed by atoms with Crippen molar-refractivity contribution in [2.75, 3.05) is 0 Å². The molecule has 3 rings (SSSR count). The van der Waals surface area contributed by atoms with Gasteiger partial charge in [-0.1, -0.05) is 54.6 Å². The third-order valence-electron chi connectivity index (χ3n) is 3.80. The first-order valence-electron chi connectivity index (χ1n) is 7.09. The third kappa shape index (κ3) is 2.57. The topological polar surface area (TPSA) is 49.9 Å². The fourth-order valence-electron chi connectivity index (χ4n) is 2.61. The van der Waals surface area contributed by atoms with E-state index in [1.54, 1.807) is 6.20 Å². The molecule has 4 heteroatoms. The second kappa shape index (κ2) is 5.81. The molecule has 0 aliphatic carbocycles. The van der Waals surface area contributed by atoms with Crippen LogP contribution in [0.15, 0.2) is 78.3 Å². The minimum absolute atomic E-state index is 0.337. The molecule has 1 atom stereocenters. The van der Waals surface area contributed by atoms with Crippen molar-refractivity contribution in [1.82, 2.24) is 4.98 Å². The summed E-state index contributed by atoms with van der Waals surface area (Å²) in [5, 5.41) is 0.0801. The van der Waals surface area contributed by atoms with Crippen LogP contribution in [0, 0.1) is 0 Å². The first kappa shape index (κ1) is 14.6. The smallest absolute Gasteiger partial charge is 0.187 e. The van der Waals surface area contributed by atoms with Crippen molar-refractivity contribution in [2.45, 2.75) is 16.6 Å². The minimum atomic E-state index is -3.48. The van der Waals surface area contributed by atoms with Gasteiger partial charge in [0.2, 0.25) is 0 Å². The summed E-state index contributed by atoms with van der Waals surface area (Å²) in [5.41, 5.74) is 1.81. The summed E-state index contributed by atoms with van der Waals surface area (Å²) >= 11 is 0. The summed E-state index contributed by atoms with van der Waals surface area (Å²) in [6, 6.07) is 17.0. The van der Waals surface area contributed by atoms with Gasteiger partial charge in [0.1, 0.15) is 0 Å². The van der Waals surface area contributed by atoms with Crippen molar-refractivity contribution in [3.05, 3.63) is 79.0 Å². The van der Waals surface area contributed by atoms with E-state index in [4.69, 9.17) is 0 Å². The number of aromatic amines is 1. The largest absolute Gasteiger partial charge is 0.360 e. The Morgan fingerprint density at radius 2 is 1.73 bits per heavy atom. The number of hydrogen-bond donors (Lipinski definition) is 1. The van der Waals surface area contributed by atoms with E-state index in [1.807, 2.05) is 54.6 Å². The van der Waals surface area contributed by atoms with E-state index in [-0.39, 0.29) is 0 Å². The van der Waals surface area contributed by atoms with Gasteiger partial charge in [-0.05, 0) is 18.1 Å². The molecular formula is C18H17NO2S. The first-order valence-corrected chi connectivity index (χ1v) is 8.64. The maximum Gasteiger partial charge on any atom is 0.187 e. The number of benzene rings is 2. The maximum atomic E-state index is 13.0. The van der Waals surface area contributed by atoms with E-state index in [0.717, 1.165) is 16.5 Å². The zero-order valence-corrected chi connectivity index (χ0v) is 12.9. The average molecular weight is 311 g/mol. The predicted molar refractivity (Wildman–Crippen MR) is 89.6 cm³/mol. The van der Waals surface area contributed by atoms with Crippen molar-refractivity contribution in [3.8, 4) is 0 Å². The lowest BCUT2D eigenvalue weighted by atomic mass is 10.1. The molecule has 0 spiro atoms. The van der Waals surface area contributed by atoms with E-state index < -0.39 is 15.1 Å².